The van der Waals surface area contributed by atoms with Crippen molar-refractivity contribution in [3.05, 3.63) is 0 Å². The van der Waals surface area contributed by atoms with Crippen molar-refractivity contribution in [1.82, 2.24) is 0 Å². The number of hydrogen-bond acceptors (Lipinski definition) is 1. The van der Waals surface area contributed by atoms with E-state index < -0.39 is 0 Å². The van der Waals surface area contributed by atoms with Crippen molar-refractivity contribution in [3.63, 3.8) is 0 Å². The summed E-state index contributed by atoms with van der Waals surface area (Å²) in [6, 6.07) is 0. The molecule has 1 nitrogen and oxygen atoms in total. The average molecular weight is 209 g/mol. The number of halogens is 1. The SMILES string of the molecule is CCC(CC)(CCCCl)CO[SiH3]. The molecule has 0 aliphatic rings. The summed E-state index contributed by atoms with van der Waals surface area (Å²) < 4.78 is 5.38. The molecule has 0 atom stereocenters. The highest BCUT2D eigenvalue weighted by Gasteiger charge is 2.24. The van der Waals surface area contributed by atoms with Crippen molar-refractivity contribution in [2.75, 3.05) is 12.5 Å². The van der Waals surface area contributed by atoms with Gasteiger partial charge >= 0.3 is 0 Å². The summed E-state index contributed by atoms with van der Waals surface area (Å²) in [5, 5.41) is 0. The molecule has 0 rings (SSSR count). The van der Waals surface area contributed by atoms with Gasteiger partial charge in [-0.3, -0.25) is 0 Å². The lowest BCUT2D eigenvalue weighted by molar-refractivity contribution is 0.129. The zero-order valence-electron chi connectivity index (χ0n) is 8.53. The quantitative estimate of drug-likeness (QED) is 0.460. The number of alkyl halides is 1. The van der Waals surface area contributed by atoms with E-state index in [0.29, 0.717) is 5.41 Å². The molecule has 0 unspecified atom stereocenters. The summed E-state index contributed by atoms with van der Waals surface area (Å²) in [5.41, 5.74) is 0.413. The lowest BCUT2D eigenvalue weighted by Gasteiger charge is -2.30. The van der Waals surface area contributed by atoms with Crippen molar-refractivity contribution in [1.29, 1.82) is 0 Å². The molecule has 0 fully saturated rings. The Morgan fingerprint density at radius 2 is 1.92 bits per heavy atom. The van der Waals surface area contributed by atoms with Crippen LogP contribution >= 0.6 is 11.6 Å². The Morgan fingerprint density at radius 1 is 1.33 bits per heavy atom. The van der Waals surface area contributed by atoms with Crippen LogP contribution in [0.5, 0.6) is 0 Å². The molecule has 74 valence electrons. The van der Waals surface area contributed by atoms with E-state index in [1.54, 1.807) is 0 Å². The first-order valence-corrected chi connectivity index (χ1v) is 6.14. The summed E-state index contributed by atoms with van der Waals surface area (Å²) >= 11 is 5.69. The maximum Gasteiger partial charge on any atom is 0.145 e. The largest absolute Gasteiger partial charge is 0.427 e. The van der Waals surface area contributed by atoms with Gasteiger partial charge in [-0.15, -0.1) is 11.6 Å². The summed E-state index contributed by atoms with van der Waals surface area (Å²) in [5.74, 6) is 0.781. The molecule has 0 heterocycles. The van der Waals surface area contributed by atoms with Gasteiger partial charge in [-0.25, -0.2) is 0 Å². The lowest BCUT2D eigenvalue weighted by atomic mass is 9.79. The number of rotatable bonds is 7. The molecular formula is C9H21ClOSi. The smallest absolute Gasteiger partial charge is 0.145 e. The monoisotopic (exact) mass is 208 g/mol. The molecule has 0 aliphatic heterocycles. The van der Waals surface area contributed by atoms with Crippen LogP contribution in [0.15, 0.2) is 0 Å². The second-order valence-corrected chi connectivity index (χ2v) is 4.39. The van der Waals surface area contributed by atoms with Crippen molar-refractivity contribution in [3.8, 4) is 0 Å². The molecule has 0 aromatic rings. The third-order valence-electron chi connectivity index (χ3n) is 2.79. The first-order valence-electron chi connectivity index (χ1n) is 4.79. The molecule has 0 saturated carbocycles. The van der Waals surface area contributed by atoms with E-state index in [0.717, 1.165) is 29.4 Å². The van der Waals surface area contributed by atoms with Gasteiger partial charge in [0, 0.05) is 12.5 Å². The maximum atomic E-state index is 5.69. The van der Waals surface area contributed by atoms with E-state index in [1.807, 2.05) is 0 Å². The van der Waals surface area contributed by atoms with Gasteiger partial charge in [0.1, 0.15) is 10.5 Å². The molecule has 0 radical (unpaired) electrons. The first-order chi connectivity index (χ1) is 5.74. The zero-order chi connectivity index (χ0) is 9.45. The van der Waals surface area contributed by atoms with Crippen LogP contribution in [0.25, 0.3) is 0 Å². The minimum Gasteiger partial charge on any atom is -0.427 e. The Bertz CT molecular complexity index is 105. The highest BCUT2D eigenvalue weighted by molar-refractivity contribution is 6.17. The Morgan fingerprint density at radius 3 is 2.25 bits per heavy atom. The third-order valence-corrected chi connectivity index (χ3v) is 3.35. The Balaban J connectivity index is 3.95. The molecular weight excluding hydrogens is 188 g/mol. The molecule has 0 N–H and O–H groups in total. The Kier molecular flexibility index (Phi) is 7.20. The van der Waals surface area contributed by atoms with Crippen LogP contribution in [0.1, 0.15) is 39.5 Å². The lowest BCUT2D eigenvalue weighted by Crippen LogP contribution is -2.25. The normalized spacial score (nSPS) is 12.2. The van der Waals surface area contributed by atoms with Crippen molar-refractivity contribution in [2.45, 2.75) is 39.5 Å². The molecule has 0 aromatic heterocycles. The van der Waals surface area contributed by atoms with Crippen LogP contribution in [-0.4, -0.2) is 23.0 Å². The van der Waals surface area contributed by atoms with Gasteiger partial charge in [0.05, 0.1) is 0 Å². The van der Waals surface area contributed by atoms with Gasteiger partial charge in [0.25, 0.3) is 0 Å². The van der Waals surface area contributed by atoms with Crippen LogP contribution in [0, 0.1) is 5.41 Å². The molecule has 0 amide bonds. The zero-order valence-corrected chi connectivity index (χ0v) is 11.3. The molecule has 3 heteroatoms. The van der Waals surface area contributed by atoms with Crippen LogP contribution in [0.3, 0.4) is 0 Å². The second-order valence-electron chi connectivity index (χ2n) is 3.43. The van der Waals surface area contributed by atoms with Gasteiger partial charge < -0.3 is 4.43 Å². The summed E-state index contributed by atoms with van der Waals surface area (Å²) in [6.45, 7) is 5.43. The molecule has 0 bridgehead atoms. The standard InChI is InChI=1S/C9H21ClOSi/c1-3-9(4-2,8-11-12)6-5-7-10/h3-8H2,1-2,12H3. The second kappa shape index (κ2) is 6.93. The van der Waals surface area contributed by atoms with Crippen molar-refractivity contribution < 1.29 is 4.43 Å². The van der Waals surface area contributed by atoms with E-state index in [2.05, 4.69) is 13.8 Å². The van der Waals surface area contributed by atoms with Crippen molar-refractivity contribution >= 4 is 22.1 Å². The fraction of sp³-hybridized carbons (Fsp3) is 1.00. The summed E-state index contributed by atoms with van der Waals surface area (Å²) in [4.78, 5) is 0. The maximum absolute atomic E-state index is 5.69. The van der Waals surface area contributed by atoms with E-state index in [9.17, 15) is 0 Å². The van der Waals surface area contributed by atoms with Crippen LogP contribution in [0.4, 0.5) is 0 Å². The molecule has 12 heavy (non-hydrogen) atoms. The van der Waals surface area contributed by atoms with Gasteiger partial charge in [-0.2, -0.15) is 0 Å². The molecule has 0 spiro atoms. The topological polar surface area (TPSA) is 9.23 Å². The Hall–Kier alpha value is 0.467. The van der Waals surface area contributed by atoms with Gasteiger partial charge in [0.2, 0.25) is 0 Å². The third kappa shape index (κ3) is 3.92. The summed E-state index contributed by atoms with van der Waals surface area (Å²) in [6.07, 6.45) is 4.76. The average Bonchev–Trinajstić information content (AvgIpc) is 2.13. The van der Waals surface area contributed by atoms with Gasteiger partial charge in [-0.1, -0.05) is 13.8 Å². The fourth-order valence-corrected chi connectivity index (χ4v) is 2.37. The van der Waals surface area contributed by atoms with Gasteiger partial charge in [0.15, 0.2) is 0 Å². The molecule has 0 saturated heterocycles. The Labute approximate surface area is 84.4 Å². The van der Waals surface area contributed by atoms with E-state index in [1.165, 1.54) is 19.3 Å². The first kappa shape index (κ1) is 12.5. The molecule has 0 aromatic carbocycles. The van der Waals surface area contributed by atoms with Crippen LogP contribution < -0.4 is 0 Å². The minimum absolute atomic E-state index is 0.413. The molecule has 0 aliphatic carbocycles. The number of hydrogen-bond donors (Lipinski definition) is 0. The predicted octanol–water partition coefficient (Wildman–Crippen LogP) is 2.11. The van der Waals surface area contributed by atoms with Crippen LogP contribution in [0.2, 0.25) is 0 Å². The van der Waals surface area contributed by atoms with E-state index in [-0.39, 0.29) is 0 Å². The van der Waals surface area contributed by atoms with Crippen LogP contribution in [-0.2, 0) is 4.43 Å². The highest BCUT2D eigenvalue weighted by atomic mass is 35.5. The van der Waals surface area contributed by atoms with E-state index >= 15 is 0 Å². The fourth-order valence-electron chi connectivity index (χ4n) is 1.63. The van der Waals surface area contributed by atoms with Gasteiger partial charge in [-0.05, 0) is 31.1 Å². The summed E-state index contributed by atoms with van der Waals surface area (Å²) in [7, 11) is 0.855. The minimum atomic E-state index is 0.413. The highest BCUT2D eigenvalue weighted by Crippen LogP contribution is 2.32. The van der Waals surface area contributed by atoms with Crippen molar-refractivity contribution in [2.24, 2.45) is 5.41 Å². The van der Waals surface area contributed by atoms with E-state index in [4.69, 9.17) is 16.0 Å². The predicted molar refractivity (Wildman–Crippen MR) is 58.9 cm³/mol.